The van der Waals surface area contributed by atoms with Crippen molar-refractivity contribution >= 4 is 28.1 Å². The van der Waals surface area contributed by atoms with E-state index in [9.17, 15) is 0 Å². The Morgan fingerprint density at radius 2 is 2.00 bits per heavy atom. The number of rotatable bonds is 4. The Balaban J connectivity index is 2.56. The predicted octanol–water partition coefficient (Wildman–Crippen LogP) is 3.83. The molecule has 1 heterocycles. The quantitative estimate of drug-likeness (QED) is 0.931. The number of benzene rings is 1. The van der Waals surface area contributed by atoms with Crippen molar-refractivity contribution in [2.24, 2.45) is 0 Å². The molecule has 1 aromatic carbocycles. The number of thiazole rings is 1. The van der Waals surface area contributed by atoms with Crippen LogP contribution in [-0.4, -0.2) is 26.3 Å². The highest BCUT2D eigenvalue weighted by atomic mass is 35.5. The average molecular weight is 299 g/mol. The van der Waals surface area contributed by atoms with E-state index in [0.717, 1.165) is 21.3 Å². The second-order valence-corrected chi connectivity index (χ2v) is 5.28. The Bertz CT molecular complexity index is 599. The molecule has 0 atom stereocenters. The van der Waals surface area contributed by atoms with Gasteiger partial charge in [0.2, 0.25) is 0 Å². The number of hydrogen-bond donors (Lipinski definition) is 1. The zero-order valence-corrected chi connectivity index (χ0v) is 12.8. The lowest BCUT2D eigenvalue weighted by Gasteiger charge is -2.11. The zero-order chi connectivity index (χ0) is 14.0. The van der Waals surface area contributed by atoms with Crippen molar-refractivity contribution in [2.75, 3.05) is 26.6 Å². The monoisotopic (exact) mass is 298 g/mol. The molecule has 0 amide bonds. The first-order valence-corrected chi connectivity index (χ1v) is 6.87. The number of hydrogen-bond acceptors (Lipinski definition) is 5. The van der Waals surface area contributed by atoms with Crippen molar-refractivity contribution in [1.82, 2.24) is 4.98 Å². The van der Waals surface area contributed by atoms with E-state index in [1.165, 1.54) is 0 Å². The second kappa shape index (κ2) is 5.67. The highest BCUT2D eigenvalue weighted by Crippen LogP contribution is 2.42. The van der Waals surface area contributed by atoms with E-state index in [2.05, 4.69) is 10.3 Å². The summed E-state index contributed by atoms with van der Waals surface area (Å²) in [6.45, 7) is 1.97. The largest absolute Gasteiger partial charge is 0.493 e. The van der Waals surface area contributed by atoms with Crippen LogP contribution in [0.25, 0.3) is 10.4 Å². The van der Waals surface area contributed by atoms with Gasteiger partial charge < -0.3 is 14.8 Å². The molecule has 2 rings (SSSR count). The smallest absolute Gasteiger partial charge is 0.183 e. The summed E-state index contributed by atoms with van der Waals surface area (Å²) in [4.78, 5) is 5.49. The van der Waals surface area contributed by atoms with Crippen molar-refractivity contribution in [2.45, 2.75) is 6.92 Å². The van der Waals surface area contributed by atoms with Gasteiger partial charge in [-0.3, -0.25) is 0 Å². The second-order valence-electron chi connectivity index (χ2n) is 3.88. The molecule has 19 heavy (non-hydrogen) atoms. The fraction of sp³-hybridized carbons (Fsp3) is 0.308. The van der Waals surface area contributed by atoms with Crippen LogP contribution in [0.15, 0.2) is 12.1 Å². The first-order chi connectivity index (χ1) is 9.10. The van der Waals surface area contributed by atoms with E-state index < -0.39 is 0 Å². The third-order valence-corrected chi connectivity index (χ3v) is 4.21. The van der Waals surface area contributed by atoms with Gasteiger partial charge in [0.05, 0.1) is 29.8 Å². The Morgan fingerprint density at radius 1 is 1.26 bits per heavy atom. The Labute approximate surface area is 121 Å². The van der Waals surface area contributed by atoms with Crippen LogP contribution in [0.3, 0.4) is 0 Å². The number of nitrogens with zero attached hydrogens (tertiary/aromatic N) is 1. The molecule has 102 valence electrons. The molecule has 0 saturated heterocycles. The average Bonchev–Trinajstić information content (AvgIpc) is 2.79. The van der Waals surface area contributed by atoms with Crippen LogP contribution in [0.4, 0.5) is 5.13 Å². The van der Waals surface area contributed by atoms with E-state index >= 15 is 0 Å². The van der Waals surface area contributed by atoms with Gasteiger partial charge in [-0.2, -0.15) is 0 Å². The third-order valence-electron chi connectivity index (χ3n) is 2.71. The number of nitrogens with one attached hydrogen (secondary N) is 1. The molecule has 0 fully saturated rings. The SMILES string of the molecule is CNc1nc(C)c(-c2cc(Cl)c(OC)c(OC)c2)s1. The van der Waals surface area contributed by atoms with E-state index in [1.807, 2.05) is 26.1 Å². The Morgan fingerprint density at radius 3 is 2.53 bits per heavy atom. The van der Waals surface area contributed by atoms with Crippen molar-refractivity contribution in [3.8, 4) is 21.9 Å². The van der Waals surface area contributed by atoms with Gasteiger partial charge in [-0.1, -0.05) is 22.9 Å². The first-order valence-electron chi connectivity index (χ1n) is 5.67. The molecular formula is C13H15ClN2O2S. The van der Waals surface area contributed by atoms with E-state index in [4.69, 9.17) is 21.1 Å². The van der Waals surface area contributed by atoms with Gasteiger partial charge in [0.25, 0.3) is 0 Å². The van der Waals surface area contributed by atoms with Crippen LogP contribution in [0.2, 0.25) is 5.02 Å². The summed E-state index contributed by atoms with van der Waals surface area (Å²) >= 11 is 7.80. The lowest BCUT2D eigenvalue weighted by atomic mass is 10.1. The zero-order valence-electron chi connectivity index (χ0n) is 11.2. The molecule has 0 aliphatic heterocycles. The molecule has 0 saturated carbocycles. The summed E-state index contributed by atoms with van der Waals surface area (Å²) < 4.78 is 10.5. The molecule has 1 aromatic heterocycles. The van der Waals surface area contributed by atoms with Crippen molar-refractivity contribution in [1.29, 1.82) is 0 Å². The fourth-order valence-corrected chi connectivity index (χ4v) is 3.02. The molecule has 0 aliphatic rings. The van der Waals surface area contributed by atoms with Crippen molar-refractivity contribution in [3.63, 3.8) is 0 Å². The maximum atomic E-state index is 6.22. The highest BCUT2D eigenvalue weighted by molar-refractivity contribution is 7.19. The molecule has 1 N–H and O–H groups in total. The van der Waals surface area contributed by atoms with Gasteiger partial charge in [-0.05, 0) is 24.6 Å². The summed E-state index contributed by atoms with van der Waals surface area (Å²) in [6, 6.07) is 3.77. The van der Waals surface area contributed by atoms with Crippen LogP contribution in [0.5, 0.6) is 11.5 Å². The molecule has 0 unspecified atom stereocenters. The number of anilines is 1. The van der Waals surface area contributed by atoms with Gasteiger partial charge in [0.15, 0.2) is 16.6 Å². The van der Waals surface area contributed by atoms with Crippen LogP contribution in [0.1, 0.15) is 5.69 Å². The maximum Gasteiger partial charge on any atom is 0.183 e. The van der Waals surface area contributed by atoms with Crippen LogP contribution in [-0.2, 0) is 0 Å². The van der Waals surface area contributed by atoms with Crippen molar-refractivity contribution < 1.29 is 9.47 Å². The summed E-state index contributed by atoms with van der Waals surface area (Å²) in [6.07, 6.45) is 0. The van der Waals surface area contributed by atoms with Gasteiger partial charge in [-0.15, -0.1) is 0 Å². The first kappa shape index (κ1) is 14.0. The fourth-order valence-electron chi connectivity index (χ4n) is 1.82. The number of aromatic nitrogens is 1. The molecular weight excluding hydrogens is 284 g/mol. The summed E-state index contributed by atoms with van der Waals surface area (Å²) in [5.74, 6) is 1.16. The number of methoxy groups -OCH3 is 2. The van der Waals surface area contributed by atoms with Crippen molar-refractivity contribution in [3.05, 3.63) is 22.8 Å². The van der Waals surface area contributed by atoms with E-state index in [-0.39, 0.29) is 0 Å². The molecule has 0 radical (unpaired) electrons. The van der Waals surface area contributed by atoms with E-state index in [0.29, 0.717) is 16.5 Å². The molecule has 0 bridgehead atoms. The third kappa shape index (κ3) is 2.62. The van der Waals surface area contributed by atoms with Gasteiger partial charge in [-0.25, -0.2) is 4.98 Å². The minimum absolute atomic E-state index is 0.524. The minimum atomic E-state index is 0.524. The molecule has 6 heteroatoms. The van der Waals surface area contributed by atoms with Gasteiger partial charge in [0.1, 0.15) is 0 Å². The topological polar surface area (TPSA) is 43.4 Å². The number of aryl methyl sites for hydroxylation is 1. The van der Waals surface area contributed by atoms with Crippen LogP contribution < -0.4 is 14.8 Å². The standard InChI is InChI=1S/C13H15ClN2O2S/c1-7-12(19-13(15-2)16-7)8-5-9(14)11(18-4)10(6-8)17-3/h5-6H,1-4H3,(H,15,16). The van der Waals surface area contributed by atoms with E-state index in [1.54, 1.807) is 25.6 Å². The Hall–Kier alpha value is -1.46. The lowest BCUT2D eigenvalue weighted by molar-refractivity contribution is 0.355. The summed E-state index contributed by atoms with van der Waals surface area (Å²) in [5.41, 5.74) is 1.93. The predicted molar refractivity (Wildman–Crippen MR) is 79.9 cm³/mol. The van der Waals surface area contributed by atoms with Gasteiger partial charge in [0, 0.05) is 7.05 Å². The van der Waals surface area contributed by atoms with Crippen LogP contribution in [0, 0.1) is 6.92 Å². The van der Waals surface area contributed by atoms with Gasteiger partial charge >= 0.3 is 0 Å². The summed E-state index contributed by atoms with van der Waals surface area (Å²) in [7, 11) is 5.01. The lowest BCUT2D eigenvalue weighted by Crippen LogP contribution is -1.92. The molecule has 2 aromatic rings. The minimum Gasteiger partial charge on any atom is -0.493 e. The highest BCUT2D eigenvalue weighted by Gasteiger charge is 2.15. The normalized spacial score (nSPS) is 10.4. The number of ether oxygens (including phenoxy) is 2. The Kier molecular flexibility index (Phi) is 4.17. The molecule has 4 nitrogen and oxygen atoms in total. The van der Waals surface area contributed by atoms with Crippen LogP contribution >= 0.6 is 22.9 Å². The number of halogens is 1. The molecule has 0 spiro atoms. The summed E-state index contributed by atoms with van der Waals surface area (Å²) in [5, 5.41) is 4.44. The molecule has 0 aliphatic carbocycles. The maximum absolute atomic E-state index is 6.22.